The van der Waals surface area contributed by atoms with Gasteiger partial charge in [0.1, 0.15) is 0 Å². The van der Waals surface area contributed by atoms with E-state index in [9.17, 15) is 9.59 Å². The zero-order valence-corrected chi connectivity index (χ0v) is 12.5. The summed E-state index contributed by atoms with van der Waals surface area (Å²) < 4.78 is 2.61. The van der Waals surface area contributed by atoms with Gasteiger partial charge in [-0.3, -0.25) is 4.79 Å². The Labute approximate surface area is 129 Å². The molecule has 0 spiro atoms. The van der Waals surface area contributed by atoms with Gasteiger partial charge in [-0.05, 0) is 29.8 Å². The van der Waals surface area contributed by atoms with Crippen molar-refractivity contribution in [3.05, 3.63) is 85.3 Å². The van der Waals surface area contributed by atoms with E-state index in [1.165, 1.54) is 8.52 Å². The first-order chi connectivity index (χ1) is 10.1. The molecule has 4 nitrogen and oxygen atoms in total. The molecule has 0 aliphatic heterocycles. The van der Waals surface area contributed by atoms with Gasteiger partial charge in [0, 0.05) is 16.6 Å². The molecule has 1 heterocycles. The first kappa shape index (κ1) is 13.9. The summed E-state index contributed by atoms with van der Waals surface area (Å²) in [6.07, 6.45) is 0. The number of nitrogens with zero attached hydrogens (tertiary/aromatic N) is 2. The predicted octanol–water partition coefficient (Wildman–Crippen LogP) is 2.76. The highest BCUT2D eigenvalue weighted by Gasteiger charge is 2.11. The van der Waals surface area contributed by atoms with Gasteiger partial charge in [0.15, 0.2) is 0 Å². The molecule has 6 heteroatoms. The van der Waals surface area contributed by atoms with Crippen molar-refractivity contribution in [1.29, 1.82) is 0 Å². The minimum absolute atomic E-state index is 0.217. The van der Waals surface area contributed by atoms with Crippen molar-refractivity contribution in [1.82, 2.24) is 8.52 Å². The highest BCUT2D eigenvalue weighted by atomic mass is 35.5. The fourth-order valence-electron chi connectivity index (χ4n) is 2.03. The van der Waals surface area contributed by atoms with Crippen LogP contribution >= 0.6 is 23.1 Å². The van der Waals surface area contributed by atoms with E-state index in [1.807, 2.05) is 24.3 Å². The molecule has 106 valence electrons. The van der Waals surface area contributed by atoms with E-state index in [1.54, 1.807) is 30.3 Å². The molecule has 0 N–H and O–H groups in total. The van der Waals surface area contributed by atoms with Gasteiger partial charge in [-0.1, -0.05) is 41.9 Å². The summed E-state index contributed by atoms with van der Waals surface area (Å²) in [6.45, 7) is 0.217. The van der Waals surface area contributed by atoms with E-state index >= 15 is 0 Å². The lowest BCUT2D eigenvalue weighted by Crippen LogP contribution is -2.28. The monoisotopic (exact) mass is 318 g/mol. The minimum atomic E-state index is -0.337. The summed E-state index contributed by atoms with van der Waals surface area (Å²) in [4.78, 5) is 24.1. The lowest BCUT2D eigenvalue weighted by Gasteiger charge is -2.01. The summed E-state index contributed by atoms with van der Waals surface area (Å²) in [5.74, 6) is 0. The van der Waals surface area contributed by atoms with Crippen LogP contribution in [0.25, 0.3) is 5.69 Å². The fraction of sp³-hybridized carbons (Fsp3) is 0.0667. The maximum Gasteiger partial charge on any atom is 0.346 e. The number of para-hydroxylation sites is 1. The Morgan fingerprint density at radius 2 is 1.76 bits per heavy atom. The van der Waals surface area contributed by atoms with Crippen molar-refractivity contribution < 1.29 is 0 Å². The van der Waals surface area contributed by atoms with Crippen LogP contribution < -0.4 is 10.6 Å². The summed E-state index contributed by atoms with van der Waals surface area (Å²) in [7, 11) is 0. The van der Waals surface area contributed by atoms with E-state index in [2.05, 4.69) is 0 Å². The minimum Gasteiger partial charge on any atom is -0.255 e. The summed E-state index contributed by atoms with van der Waals surface area (Å²) in [6, 6.07) is 16.2. The van der Waals surface area contributed by atoms with Crippen LogP contribution in [0.3, 0.4) is 0 Å². The highest BCUT2D eigenvalue weighted by molar-refractivity contribution is 7.03. The summed E-state index contributed by atoms with van der Waals surface area (Å²) in [5.41, 5.74) is 1.17. The van der Waals surface area contributed by atoms with Crippen molar-refractivity contribution in [3.8, 4) is 5.69 Å². The molecule has 0 saturated heterocycles. The van der Waals surface area contributed by atoms with Gasteiger partial charge in [-0.15, -0.1) is 0 Å². The Kier molecular flexibility index (Phi) is 3.77. The molecular formula is C15H11ClN2O2S. The van der Waals surface area contributed by atoms with Crippen molar-refractivity contribution in [2.24, 2.45) is 0 Å². The van der Waals surface area contributed by atoms with Crippen LogP contribution in [0.15, 0.2) is 64.2 Å². The lowest BCUT2D eigenvalue weighted by molar-refractivity contribution is 0.723. The quantitative estimate of drug-likeness (QED) is 0.745. The summed E-state index contributed by atoms with van der Waals surface area (Å²) >= 11 is 6.82. The average Bonchev–Trinajstić information content (AvgIpc) is 2.76. The van der Waals surface area contributed by atoms with Crippen LogP contribution in [0.2, 0.25) is 5.02 Å². The Balaban J connectivity index is 2.03. The van der Waals surface area contributed by atoms with Crippen molar-refractivity contribution in [2.75, 3.05) is 0 Å². The van der Waals surface area contributed by atoms with Gasteiger partial charge in [0.25, 0.3) is 0 Å². The molecule has 21 heavy (non-hydrogen) atoms. The zero-order chi connectivity index (χ0) is 14.8. The van der Waals surface area contributed by atoms with Crippen molar-refractivity contribution in [3.63, 3.8) is 0 Å². The van der Waals surface area contributed by atoms with E-state index in [-0.39, 0.29) is 17.1 Å². The van der Waals surface area contributed by atoms with Gasteiger partial charge in [0.2, 0.25) is 0 Å². The SMILES string of the molecule is O=c1sn(-c2ccccc2)c(=O)n1Cc1cccc(Cl)c1. The van der Waals surface area contributed by atoms with E-state index in [0.29, 0.717) is 10.7 Å². The predicted molar refractivity (Wildman–Crippen MR) is 84.7 cm³/mol. The van der Waals surface area contributed by atoms with Gasteiger partial charge in [-0.25, -0.2) is 13.3 Å². The van der Waals surface area contributed by atoms with Crippen molar-refractivity contribution >= 4 is 23.1 Å². The van der Waals surface area contributed by atoms with Gasteiger partial charge in [0.05, 0.1) is 12.2 Å². The standard InChI is InChI=1S/C15H11ClN2O2S/c16-12-6-4-5-11(9-12)10-17-14(19)18(21-15(17)20)13-7-2-1-3-8-13/h1-9H,10H2. The van der Waals surface area contributed by atoms with Crippen LogP contribution in [0.4, 0.5) is 0 Å². The van der Waals surface area contributed by atoms with Gasteiger partial charge < -0.3 is 0 Å². The number of hydrogen-bond donors (Lipinski definition) is 0. The van der Waals surface area contributed by atoms with E-state index in [0.717, 1.165) is 17.1 Å². The Morgan fingerprint density at radius 1 is 1.00 bits per heavy atom. The number of rotatable bonds is 3. The molecule has 0 fully saturated rings. The third kappa shape index (κ3) is 2.84. The first-order valence-corrected chi connectivity index (χ1v) is 7.43. The second-order valence-corrected chi connectivity index (χ2v) is 5.82. The van der Waals surface area contributed by atoms with E-state index in [4.69, 9.17) is 11.6 Å². The first-order valence-electron chi connectivity index (χ1n) is 6.28. The van der Waals surface area contributed by atoms with E-state index < -0.39 is 0 Å². The molecule has 3 aromatic rings. The maximum atomic E-state index is 12.4. The smallest absolute Gasteiger partial charge is 0.255 e. The molecule has 3 rings (SSSR count). The normalized spacial score (nSPS) is 10.7. The molecule has 0 radical (unpaired) electrons. The molecular weight excluding hydrogens is 308 g/mol. The van der Waals surface area contributed by atoms with Gasteiger partial charge in [-0.2, -0.15) is 0 Å². The summed E-state index contributed by atoms with van der Waals surface area (Å²) in [5, 5.41) is 0.583. The van der Waals surface area contributed by atoms with Crippen molar-refractivity contribution in [2.45, 2.75) is 6.54 Å². The second kappa shape index (κ2) is 5.71. The molecule has 0 bridgehead atoms. The van der Waals surface area contributed by atoms with Gasteiger partial charge >= 0.3 is 10.6 Å². The Bertz CT molecular complexity index is 880. The number of aromatic nitrogens is 2. The molecule has 0 aliphatic rings. The van der Waals surface area contributed by atoms with Crippen LogP contribution in [0.5, 0.6) is 0 Å². The third-order valence-electron chi connectivity index (χ3n) is 3.01. The molecule has 0 amide bonds. The zero-order valence-electron chi connectivity index (χ0n) is 10.9. The topological polar surface area (TPSA) is 44.0 Å². The van der Waals surface area contributed by atoms with Crippen LogP contribution in [-0.4, -0.2) is 8.52 Å². The molecule has 0 saturated carbocycles. The van der Waals surface area contributed by atoms with Crippen LogP contribution in [0.1, 0.15) is 5.56 Å². The third-order valence-corrected chi connectivity index (χ3v) is 4.18. The Hall–Kier alpha value is -2.11. The lowest BCUT2D eigenvalue weighted by atomic mass is 10.2. The average molecular weight is 319 g/mol. The highest BCUT2D eigenvalue weighted by Crippen LogP contribution is 2.11. The largest absolute Gasteiger partial charge is 0.346 e. The second-order valence-electron chi connectivity index (χ2n) is 4.49. The molecule has 2 aromatic carbocycles. The molecule has 0 atom stereocenters. The Morgan fingerprint density at radius 3 is 2.48 bits per heavy atom. The molecule has 0 unspecified atom stereocenters. The fourth-order valence-corrected chi connectivity index (χ4v) is 3.04. The molecule has 1 aromatic heterocycles. The number of hydrogen-bond acceptors (Lipinski definition) is 3. The van der Waals surface area contributed by atoms with Crippen LogP contribution in [0, 0.1) is 0 Å². The number of benzene rings is 2. The maximum absolute atomic E-state index is 12.4. The molecule has 0 aliphatic carbocycles. The van der Waals surface area contributed by atoms with Crippen LogP contribution in [-0.2, 0) is 6.54 Å². The number of halogens is 1.